The van der Waals surface area contributed by atoms with E-state index in [9.17, 15) is 0 Å². The van der Waals surface area contributed by atoms with Gasteiger partial charge in [-0.1, -0.05) is 17.7 Å². The molecule has 0 fully saturated rings. The van der Waals surface area contributed by atoms with Crippen molar-refractivity contribution >= 4 is 11.6 Å². The van der Waals surface area contributed by atoms with Crippen LogP contribution in [0.25, 0.3) is 11.1 Å². The van der Waals surface area contributed by atoms with Gasteiger partial charge in [-0.15, -0.1) is 0 Å². The van der Waals surface area contributed by atoms with Crippen molar-refractivity contribution in [2.45, 2.75) is 13.8 Å². The number of hydrogen-bond donors (Lipinski definition) is 0. The number of hydrogen-bond acceptors (Lipinski definition) is 1. The first-order valence-electron chi connectivity index (χ1n) is 4.49. The molecular formula is C12H11ClO. The van der Waals surface area contributed by atoms with Gasteiger partial charge in [0, 0.05) is 10.6 Å². The third-order valence-electron chi connectivity index (χ3n) is 2.34. The Kier molecular flexibility index (Phi) is 2.34. The Balaban J connectivity index is 2.58. The average molecular weight is 207 g/mol. The smallest absolute Gasteiger partial charge is 0.108 e. The molecule has 1 heterocycles. The zero-order valence-corrected chi connectivity index (χ0v) is 8.93. The normalized spacial score (nSPS) is 10.5. The first-order valence-corrected chi connectivity index (χ1v) is 4.87. The van der Waals surface area contributed by atoms with Gasteiger partial charge < -0.3 is 4.42 Å². The molecule has 0 N–H and O–H groups in total. The molecule has 0 amide bonds. The summed E-state index contributed by atoms with van der Waals surface area (Å²) in [6.45, 7) is 4.01. The van der Waals surface area contributed by atoms with E-state index in [0.717, 1.165) is 16.3 Å². The molecule has 0 spiro atoms. The van der Waals surface area contributed by atoms with Crippen molar-refractivity contribution < 1.29 is 4.42 Å². The highest BCUT2D eigenvalue weighted by atomic mass is 35.5. The molecule has 0 aliphatic heterocycles. The van der Waals surface area contributed by atoms with E-state index in [1.165, 1.54) is 11.1 Å². The fourth-order valence-electron chi connectivity index (χ4n) is 1.59. The van der Waals surface area contributed by atoms with E-state index in [-0.39, 0.29) is 0 Å². The summed E-state index contributed by atoms with van der Waals surface area (Å²) in [5.41, 5.74) is 3.49. The molecule has 0 unspecified atom stereocenters. The lowest BCUT2D eigenvalue weighted by Crippen LogP contribution is -1.82. The fraction of sp³-hybridized carbons (Fsp3) is 0.167. The molecule has 14 heavy (non-hydrogen) atoms. The Labute approximate surface area is 88.3 Å². The van der Waals surface area contributed by atoms with Gasteiger partial charge in [0.1, 0.15) is 5.76 Å². The van der Waals surface area contributed by atoms with Gasteiger partial charge in [0.15, 0.2) is 0 Å². The van der Waals surface area contributed by atoms with Gasteiger partial charge >= 0.3 is 0 Å². The van der Waals surface area contributed by atoms with Crippen LogP contribution in [-0.2, 0) is 0 Å². The molecule has 2 aromatic rings. The predicted octanol–water partition coefficient (Wildman–Crippen LogP) is 4.22. The first-order chi connectivity index (χ1) is 6.68. The molecule has 0 aliphatic rings. The lowest BCUT2D eigenvalue weighted by atomic mass is 10.0. The highest BCUT2D eigenvalue weighted by Crippen LogP contribution is 2.28. The zero-order valence-electron chi connectivity index (χ0n) is 8.17. The molecule has 0 aliphatic carbocycles. The van der Waals surface area contributed by atoms with Crippen LogP contribution in [0.5, 0.6) is 0 Å². The van der Waals surface area contributed by atoms with Crippen LogP contribution in [-0.4, -0.2) is 0 Å². The summed E-state index contributed by atoms with van der Waals surface area (Å²) < 4.78 is 5.27. The summed E-state index contributed by atoms with van der Waals surface area (Å²) in [7, 11) is 0. The number of aryl methyl sites for hydroxylation is 2. The van der Waals surface area contributed by atoms with Crippen molar-refractivity contribution in [1.29, 1.82) is 0 Å². The topological polar surface area (TPSA) is 13.1 Å². The average Bonchev–Trinajstić information content (AvgIpc) is 2.52. The van der Waals surface area contributed by atoms with Crippen molar-refractivity contribution in [3.8, 4) is 11.1 Å². The van der Waals surface area contributed by atoms with Crippen LogP contribution in [0.15, 0.2) is 34.9 Å². The lowest BCUT2D eigenvalue weighted by molar-refractivity contribution is 0.535. The molecule has 72 valence electrons. The van der Waals surface area contributed by atoms with Crippen molar-refractivity contribution in [1.82, 2.24) is 0 Å². The van der Waals surface area contributed by atoms with Crippen LogP contribution in [0.1, 0.15) is 11.3 Å². The van der Waals surface area contributed by atoms with E-state index in [2.05, 4.69) is 0 Å². The van der Waals surface area contributed by atoms with Crippen LogP contribution in [0.4, 0.5) is 0 Å². The van der Waals surface area contributed by atoms with Gasteiger partial charge in [0.25, 0.3) is 0 Å². The van der Waals surface area contributed by atoms with E-state index >= 15 is 0 Å². The van der Waals surface area contributed by atoms with Gasteiger partial charge in [-0.05, 0) is 43.2 Å². The minimum Gasteiger partial charge on any atom is -0.469 e. The number of halogens is 1. The van der Waals surface area contributed by atoms with E-state index in [0.29, 0.717) is 0 Å². The molecule has 0 bridgehead atoms. The Morgan fingerprint density at radius 3 is 2.43 bits per heavy atom. The molecule has 2 heteroatoms. The summed E-state index contributed by atoms with van der Waals surface area (Å²) in [6, 6.07) is 7.86. The maximum atomic E-state index is 5.89. The summed E-state index contributed by atoms with van der Waals surface area (Å²) in [6.07, 6.45) is 1.71. The maximum absolute atomic E-state index is 5.89. The van der Waals surface area contributed by atoms with Crippen LogP contribution >= 0.6 is 11.6 Å². The molecule has 0 saturated heterocycles. The summed E-state index contributed by atoms with van der Waals surface area (Å²) in [4.78, 5) is 0. The Morgan fingerprint density at radius 1 is 1.07 bits per heavy atom. The number of rotatable bonds is 1. The minimum atomic E-state index is 0.771. The largest absolute Gasteiger partial charge is 0.469 e. The summed E-state index contributed by atoms with van der Waals surface area (Å²) >= 11 is 5.89. The molecular weight excluding hydrogens is 196 g/mol. The molecule has 0 radical (unpaired) electrons. The van der Waals surface area contributed by atoms with E-state index in [4.69, 9.17) is 16.0 Å². The second-order valence-electron chi connectivity index (χ2n) is 3.35. The highest BCUT2D eigenvalue weighted by Gasteiger charge is 2.07. The third kappa shape index (κ3) is 1.55. The van der Waals surface area contributed by atoms with Gasteiger partial charge in [-0.25, -0.2) is 0 Å². The van der Waals surface area contributed by atoms with Crippen molar-refractivity contribution in [2.75, 3.05) is 0 Å². The van der Waals surface area contributed by atoms with Crippen LogP contribution in [0, 0.1) is 13.8 Å². The number of benzene rings is 1. The van der Waals surface area contributed by atoms with Gasteiger partial charge in [0.2, 0.25) is 0 Å². The third-order valence-corrected chi connectivity index (χ3v) is 2.57. The zero-order chi connectivity index (χ0) is 10.1. The van der Waals surface area contributed by atoms with E-state index < -0.39 is 0 Å². The van der Waals surface area contributed by atoms with Crippen molar-refractivity contribution in [3.63, 3.8) is 0 Å². The van der Waals surface area contributed by atoms with E-state index in [1.807, 2.05) is 38.1 Å². The molecule has 1 aromatic heterocycles. The Bertz CT molecular complexity index is 457. The number of furan rings is 1. The predicted molar refractivity (Wildman–Crippen MR) is 58.6 cm³/mol. The van der Waals surface area contributed by atoms with Crippen molar-refractivity contribution in [3.05, 3.63) is 46.9 Å². The Hall–Kier alpha value is -1.21. The second-order valence-corrected chi connectivity index (χ2v) is 3.79. The van der Waals surface area contributed by atoms with E-state index in [1.54, 1.807) is 6.26 Å². The monoisotopic (exact) mass is 206 g/mol. The highest BCUT2D eigenvalue weighted by molar-refractivity contribution is 6.30. The van der Waals surface area contributed by atoms with Crippen LogP contribution < -0.4 is 0 Å². The molecule has 1 nitrogen and oxygen atoms in total. The summed E-state index contributed by atoms with van der Waals surface area (Å²) in [5.74, 6) is 0.940. The molecule has 2 rings (SSSR count). The molecule has 0 atom stereocenters. The lowest BCUT2D eigenvalue weighted by Gasteiger charge is -2.04. The molecule has 0 saturated carbocycles. The van der Waals surface area contributed by atoms with Gasteiger partial charge in [-0.3, -0.25) is 0 Å². The molecule has 1 aromatic carbocycles. The van der Waals surface area contributed by atoms with Crippen LogP contribution in [0.3, 0.4) is 0 Å². The Morgan fingerprint density at radius 2 is 1.86 bits per heavy atom. The SMILES string of the molecule is Cc1cc(Cl)ccc1-c1ccoc1C. The van der Waals surface area contributed by atoms with Gasteiger partial charge in [0.05, 0.1) is 6.26 Å². The standard InChI is InChI=1S/C12H11ClO/c1-8-7-10(13)3-4-11(8)12-5-6-14-9(12)2/h3-7H,1-2H3. The van der Waals surface area contributed by atoms with Crippen molar-refractivity contribution in [2.24, 2.45) is 0 Å². The quantitative estimate of drug-likeness (QED) is 0.681. The first kappa shape index (κ1) is 9.35. The maximum Gasteiger partial charge on any atom is 0.108 e. The summed E-state index contributed by atoms with van der Waals surface area (Å²) in [5, 5.41) is 0.771. The van der Waals surface area contributed by atoms with Crippen LogP contribution in [0.2, 0.25) is 5.02 Å². The van der Waals surface area contributed by atoms with Gasteiger partial charge in [-0.2, -0.15) is 0 Å². The second kappa shape index (κ2) is 3.50. The minimum absolute atomic E-state index is 0.771. The fourth-order valence-corrected chi connectivity index (χ4v) is 1.82.